The summed E-state index contributed by atoms with van der Waals surface area (Å²) in [5.74, 6) is -0.404. The van der Waals surface area contributed by atoms with Gasteiger partial charge in [0, 0.05) is 6.54 Å². The van der Waals surface area contributed by atoms with E-state index in [1.807, 2.05) is 6.92 Å². The molecule has 1 aliphatic carbocycles. The highest BCUT2D eigenvalue weighted by molar-refractivity contribution is 5.92. The maximum absolute atomic E-state index is 11.2. The lowest BCUT2D eigenvalue weighted by molar-refractivity contribution is -0.127. The minimum atomic E-state index is -0.688. The second-order valence-corrected chi connectivity index (χ2v) is 3.29. The van der Waals surface area contributed by atoms with Crippen LogP contribution in [0.2, 0.25) is 0 Å². The summed E-state index contributed by atoms with van der Waals surface area (Å²) in [6.45, 7) is 2.42. The molecule has 2 amide bonds. The minimum Gasteiger partial charge on any atom is -0.355 e. The Kier molecular flexibility index (Phi) is 2.87. The van der Waals surface area contributed by atoms with Gasteiger partial charge in [-0.15, -0.1) is 0 Å². The van der Waals surface area contributed by atoms with Crippen molar-refractivity contribution in [1.82, 2.24) is 10.6 Å². The van der Waals surface area contributed by atoms with Crippen LogP contribution >= 0.6 is 0 Å². The summed E-state index contributed by atoms with van der Waals surface area (Å²) in [7, 11) is 0. The Morgan fingerprint density at radius 1 is 1.38 bits per heavy atom. The quantitative estimate of drug-likeness (QED) is 0.510. The van der Waals surface area contributed by atoms with Crippen molar-refractivity contribution in [2.24, 2.45) is 5.73 Å². The number of rotatable bonds is 4. The summed E-state index contributed by atoms with van der Waals surface area (Å²) in [5.41, 5.74) is 4.92. The monoisotopic (exact) mass is 185 g/mol. The van der Waals surface area contributed by atoms with Crippen LogP contribution in [0, 0.1) is 0 Å². The molecule has 0 aliphatic heterocycles. The van der Waals surface area contributed by atoms with Crippen LogP contribution in [0.3, 0.4) is 0 Å². The van der Waals surface area contributed by atoms with Crippen LogP contribution in [0.1, 0.15) is 19.8 Å². The topological polar surface area (TPSA) is 84.2 Å². The van der Waals surface area contributed by atoms with E-state index in [2.05, 4.69) is 10.6 Å². The van der Waals surface area contributed by atoms with Gasteiger partial charge < -0.3 is 16.4 Å². The fourth-order valence-electron chi connectivity index (χ4n) is 0.958. The summed E-state index contributed by atoms with van der Waals surface area (Å²) >= 11 is 0. The molecule has 0 heterocycles. The maximum Gasteiger partial charge on any atom is 0.240 e. The van der Waals surface area contributed by atoms with E-state index < -0.39 is 5.54 Å². The fraction of sp³-hybridized carbons (Fsp3) is 0.750. The summed E-state index contributed by atoms with van der Waals surface area (Å²) in [4.78, 5) is 22.1. The van der Waals surface area contributed by atoms with Crippen molar-refractivity contribution >= 4 is 11.8 Å². The van der Waals surface area contributed by atoms with Gasteiger partial charge in [0.25, 0.3) is 0 Å². The van der Waals surface area contributed by atoms with Gasteiger partial charge in [-0.3, -0.25) is 9.59 Å². The van der Waals surface area contributed by atoms with Crippen LogP contribution in [0.4, 0.5) is 0 Å². The normalized spacial score (nSPS) is 17.7. The van der Waals surface area contributed by atoms with Gasteiger partial charge in [-0.2, -0.15) is 0 Å². The molecule has 0 aromatic heterocycles. The third kappa shape index (κ3) is 2.69. The third-order valence-electron chi connectivity index (χ3n) is 2.02. The predicted octanol–water partition coefficient (Wildman–Crippen LogP) is -1.27. The van der Waals surface area contributed by atoms with Gasteiger partial charge in [-0.05, 0) is 19.8 Å². The first-order valence-corrected chi connectivity index (χ1v) is 4.42. The SMILES string of the molecule is CCNC(=O)CNC(=O)C1(N)CC1. The Balaban J connectivity index is 2.19. The van der Waals surface area contributed by atoms with Crippen molar-refractivity contribution in [2.75, 3.05) is 13.1 Å². The molecule has 1 fully saturated rings. The molecule has 0 saturated heterocycles. The molecule has 4 N–H and O–H groups in total. The molecule has 0 radical (unpaired) electrons. The lowest BCUT2D eigenvalue weighted by Crippen LogP contribution is -2.46. The molecular weight excluding hydrogens is 170 g/mol. The Labute approximate surface area is 77.1 Å². The van der Waals surface area contributed by atoms with Gasteiger partial charge in [0.05, 0.1) is 12.1 Å². The first kappa shape index (κ1) is 9.98. The Bertz CT molecular complexity index is 223. The van der Waals surface area contributed by atoms with Crippen LogP contribution in [0.5, 0.6) is 0 Å². The molecule has 1 aliphatic rings. The van der Waals surface area contributed by atoms with Crippen LogP contribution in [-0.2, 0) is 9.59 Å². The van der Waals surface area contributed by atoms with Gasteiger partial charge >= 0.3 is 0 Å². The number of carbonyl (C=O) groups excluding carboxylic acids is 2. The average molecular weight is 185 g/mol. The van der Waals surface area contributed by atoms with E-state index in [1.165, 1.54) is 0 Å². The minimum absolute atomic E-state index is 0.0195. The largest absolute Gasteiger partial charge is 0.355 e. The van der Waals surface area contributed by atoms with Gasteiger partial charge in [-0.1, -0.05) is 0 Å². The van der Waals surface area contributed by atoms with E-state index in [-0.39, 0.29) is 18.4 Å². The lowest BCUT2D eigenvalue weighted by atomic mass is 10.3. The molecule has 0 aromatic carbocycles. The highest BCUT2D eigenvalue weighted by Crippen LogP contribution is 2.31. The predicted molar refractivity (Wildman–Crippen MR) is 47.8 cm³/mol. The van der Waals surface area contributed by atoms with Crippen LogP contribution < -0.4 is 16.4 Å². The zero-order valence-electron chi connectivity index (χ0n) is 7.72. The van der Waals surface area contributed by atoms with Gasteiger partial charge in [-0.25, -0.2) is 0 Å². The number of hydrogen-bond acceptors (Lipinski definition) is 3. The van der Waals surface area contributed by atoms with E-state index in [4.69, 9.17) is 5.73 Å². The molecule has 0 aromatic rings. The van der Waals surface area contributed by atoms with Crippen molar-refractivity contribution in [1.29, 1.82) is 0 Å². The number of carbonyl (C=O) groups is 2. The number of likely N-dealkylation sites (N-methyl/N-ethyl adjacent to an activating group) is 1. The highest BCUT2D eigenvalue weighted by atomic mass is 16.2. The first-order chi connectivity index (χ1) is 6.08. The summed E-state index contributed by atoms with van der Waals surface area (Å²) in [5, 5.41) is 5.07. The third-order valence-corrected chi connectivity index (χ3v) is 2.02. The van der Waals surface area contributed by atoms with Crippen LogP contribution in [-0.4, -0.2) is 30.4 Å². The van der Waals surface area contributed by atoms with Crippen molar-refractivity contribution in [3.05, 3.63) is 0 Å². The second kappa shape index (κ2) is 3.74. The van der Waals surface area contributed by atoms with E-state index in [1.54, 1.807) is 0 Å². The maximum atomic E-state index is 11.2. The highest BCUT2D eigenvalue weighted by Gasteiger charge is 2.45. The van der Waals surface area contributed by atoms with Crippen molar-refractivity contribution in [3.8, 4) is 0 Å². The molecule has 13 heavy (non-hydrogen) atoms. The van der Waals surface area contributed by atoms with Crippen molar-refractivity contribution in [2.45, 2.75) is 25.3 Å². The van der Waals surface area contributed by atoms with Crippen molar-refractivity contribution in [3.63, 3.8) is 0 Å². The Hall–Kier alpha value is -1.10. The molecule has 0 bridgehead atoms. The van der Waals surface area contributed by atoms with Gasteiger partial charge in [0.1, 0.15) is 0 Å². The molecule has 0 unspecified atom stereocenters. The number of nitrogens with one attached hydrogen (secondary N) is 2. The molecule has 5 heteroatoms. The molecule has 0 atom stereocenters. The number of nitrogens with two attached hydrogens (primary N) is 1. The molecule has 0 spiro atoms. The molecule has 74 valence electrons. The van der Waals surface area contributed by atoms with Crippen molar-refractivity contribution < 1.29 is 9.59 Å². The molecule has 1 rings (SSSR count). The fourth-order valence-corrected chi connectivity index (χ4v) is 0.958. The van der Waals surface area contributed by atoms with Gasteiger partial charge in [0.15, 0.2) is 0 Å². The summed E-state index contributed by atoms with van der Waals surface area (Å²) < 4.78 is 0. The Morgan fingerprint density at radius 2 is 2.00 bits per heavy atom. The van der Waals surface area contributed by atoms with Crippen LogP contribution in [0.15, 0.2) is 0 Å². The van der Waals surface area contributed by atoms with E-state index in [0.717, 1.165) is 0 Å². The average Bonchev–Trinajstić information content (AvgIpc) is 2.81. The zero-order valence-corrected chi connectivity index (χ0v) is 7.72. The van der Waals surface area contributed by atoms with Gasteiger partial charge in [0.2, 0.25) is 11.8 Å². The zero-order chi connectivity index (χ0) is 9.90. The molecular formula is C8H15N3O2. The van der Waals surface area contributed by atoms with Crippen LogP contribution in [0.25, 0.3) is 0 Å². The molecule has 5 nitrogen and oxygen atoms in total. The van der Waals surface area contributed by atoms with E-state index >= 15 is 0 Å². The summed E-state index contributed by atoms with van der Waals surface area (Å²) in [6, 6.07) is 0. The summed E-state index contributed by atoms with van der Waals surface area (Å²) in [6.07, 6.45) is 1.43. The Morgan fingerprint density at radius 3 is 2.46 bits per heavy atom. The standard InChI is InChI=1S/C8H15N3O2/c1-2-10-6(12)5-11-7(13)8(9)3-4-8/h2-5,9H2,1H3,(H,10,12)(H,11,13). The molecule has 1 saturated carbocycles. The number of amides is 2. The smallest absolute Gasteiger partial charge is 0.240 e. The number of hydrogen-bond donors (Lipinski definition) is 3. The van der Waals surface area contributed by atoms with E-state index in [0.29, 0.717) is 19.4 Å². The first-order valence-electron chi connectivity index (χ1n) is 4.42. The second-order valence-electron chi connectivity index (χ2n) is 3.29. The lowest BCUT2D eigenvalue weighted by Gasteiger charge is -2.09. The van der Waals surface area contributed by atoms with E-state index in [9.17, 15) is 9.59 Å².